The molecule has 8 heteroatoms. The summed E-state index contributed by atoms with van der Waals surface area (Å²) in [4.78, 5) is 29.7. The summed E-state index contributed by atoms with van der Waals surface area (Å²) in [5, 5.41) is 10.5. The Morgan fingerprint density at radius 2 is 1.93 bits per heavy atom. The molecule has 8 nitrogen and oxygen atoms in total. The van der Waals surface area contributed by atoms with Crippen molar-refractivity contribution in [2.24, 2.45) is 11.8 Å². The number of aryl methyl sites for hydroxylation is 1. The number of rotatable bonds is 3. The number of nitrogens with zero attached hydrogens (tertiary/aromatic N) is 4. The van der Waals surface area contributed by atoms with Gasteiger partial charge in [-0.25, -0.2) is 0 Å². The van der Waals surface area contributed by atoms with Crippen LogP contribution in [-0.2, 0) is 0 Å². The van der Waals surface area contributed by atoms with Crippen molar-refractivity contribution in [2.45, 2.75) is 13.0 Å². The van der Waals surface area contributed by atoms with Crippen molar-refractivity contribution in [1.82, 2.24) is 25.2 Å². The number of aromatic amines is 1. The van der Waals surface area contributed by atoms with Crippen LogP contribution in [0.25, 0.3) is 0 Å². The second-order valence-electron chi connectivity index (χ2n) is 7.74. The van der Waals surface area contributed by atoms with Crippen molar-refractivity contribution in [1.29, 1.82) is 0 Å². The normalized spacial score (nSPS) is 23.4. The van der Waals surface area contributed by atoms with Crippen molar-refractivity contribution in [3.05, 3.63) is 71.4 Å². The average molecular weight is 391 g/mol. The molecular formula is C21H21N5O3. The van der Waals surface area contributed by atoms with Gasteiger partial charge in [-0.05, 0) is 18.6 Å². The molecule has 0 radical (unpaired) electrons. The van der Waals surface area contributed by atoms with Crippen LogP contribution in [0.2, 0.25) is 0 Å². The smallest absolute Gasteiger partial charge is 0.276 e. The molecular weight excluding hydrogens is 370 g/mol. The maximum Gasteiger partial charge on any atom is 0.276 e. The molecule has 3 atom stereocenters. The van der Waals surface area contributed by atoms with Crippen molar-refractivity contribution >= 4 is 11.8 Å². The van der Waals surface area contributed by atoms with Crippen molar-refractivity contribution < 1.29 is 14.1 Å². The van der Waals surface area contributed by atoms with E-state index in [1.54, 1.807) is 25.3 Å². The van der Waals surface area contributed by atoms with Crippen molar-refractivity contribution in [3.63, 3.8) is 0 Å². The molecule has 0 bridgehead atoms. The molecule has 2 aromatic heterocycles. The van der Waals surface area contributed by atoms with Crippen LogP contribution in [0, 0.1) is 18.8 Å². The lowest BCUT2D eigenvalue weighted by molar-refractivity contribution is 0.0667. The Hall–Kier alpha value is -3.42. The summed E-state index contributed by atoms with van der Waals surface area (Å²) in [5.41, 5.74) is 1.89. The molecule has 1 aromatic carbocycles. The molecule has 2 amide bonds. The standard InChI is InChI=1S/C21H21N5O3/c1-13-9-18(24-29-13)21(28)26-11-15-10-25(20(27)17-7-8-22-23-17)12-16(15)19(26)14-5-3-2-4-6-14/h2-9,15-16,19H,10-12H2,1H3,(H,22,23)/t15-,16-,19+/m0/s1. The van der Waals surface area contributed by atoms with E-state index in [-0.39, 0.29) is 29.7 Å². The summed E-state index contributed by atoms with van der Waals surface area (Å²) in [6.07, 6.45) is 1.58. The molecule has 2 fully saturated rings. The van der Waals surface area contributed by atoms with E-state index >= 15 is 0 Å². The minimum absolute atomic E-state index is 0.0475. The molecule has 0 unspecified atom stereocenters. The first-order valence-corrected chi connectivity index (χ1v) is 9.69. The summed E-state index contributed by atoms with van der Waals surface area (Å²) < 4.78 is 5.11. The molecule has 1 N–H and O–H groups in total. The van der Waals surface area contributed by atoms with Crippen LogP contribution in [0.3, 0.4) is 0 Å². The van der Waals surface area contributed by atoms with Gasteiger partial charge in [-0.3, -0.25) is 14.7 Å². The van der Waals surface area contributed by atoms with Gasteiger partial charge in [-0.1, -0.05) is 35.5 Å². The molecule has 2 aliphatic rings. The fourth-order valence-electron chi connectivity index (χ4n) is 4.66. The lowest BCUT2D eigenvalue weighted by Gasteiger charge is -2.29. The number of benzene rings is 1. The minimum atomic E-state index is -0.128. The first-order valence-electron chi connectivity index (χ1n) is 9.69. The number of aromatic nitrogens is 3. The predicted molar refractivity (Wildman–Crippen MR) is 103 cm³/mol. The van der Waals surface area contributed by atoms with Gasteiger partial charge in [0.2, 0.25) is 0 Å². The molecule has 2 aliphatic heterocycles. The Morgan fingerprint density at radius 1 is 1.10 bits per heavy atom. The molecule has 3 aromatic rings. The van der Waals surface area contributed by atoms with Gasteiger partial charge in [0, 0.05) is 43.7 Å². The van der Waals surface area contributed by atoms with Gasteiger partial charge >= 0.3 is 0 Å². The number of nitrogens with one attached hydrogen (secondary N) is 1. The predicted octanol–water partition coefficient (Wildman–Crippen LogP) is 2.29. The highest BCUT2D eigenvalue weighted by atomic mass is 16.5. The van der Waals surface area contributed by atoms with Gasteiger partial charge < -0.3 is 14.3 Å². The number of amides is 2. The fourth-order valence-corrected chi connectivity index (χ4v) is 4.66. The Bertz CT molecular complexity index is 1030. The SMILES string of the molecule is Cc1cc(C(=O)N2C[C@@H]3CN(C(=O)c4ccn[nH]4)C[C@@H]3[C@H]2c2ccccc2)no1. The molecule has 0 spiro atoms. The molecule has 148 valence electrons. The van der Waals surface area contributed by atoms with Crippen LogP contribution < -0.4 is 0 Å². The van der Waals surface area contributed by atoms with Crippen LogP contribution in [0.15, 0.2) is 53.2 Å². The first-order chi connectivity index (χ1) is 14.1. The highest BCUT2D eigenvalue weighted by molar-refractivity contribution is 5.93. The Kier molecular flexibility index (Phi) is 4.19. The highest BCUT2D eigenvalue weighted by Gasteiger charge is 2.50. The summed E-state index contributed by atoms with van der Waals surface area (Å²) in [7, 11) is 0. The lowest BCUT2D eigenvalue weighted by Crippen LogP contribution is -2.37. The second kappa shape index (κ2) is 6.88. The Morgan fingerprint density at radius 3 is 2.62 bits per heavy atom. The maximum atomic E-state index is 13.2. The van der Waals surface area contributed by atoms with Gasteiger partial charge in [0.1, 0.15) is 11.5 Å². The topological polar surface area (TPSA) is 95.3 Å². The van der Waals surface area contributed by atoms with Crippen molar-refractivity contribution in [2.75, 3.05) is 19.6 Å². The Labute approximate surface area is 167 Å². The fraction of sp³-hybridized carbons (Fsp3) is 0.333. The van der Waals surface area contributed by atoms with Crippen LogP contribution in [-0.4, -0.2) is 56.6 Å². The quantitative estimate of drug-likeness (QED) is 0.739. The van der Waals surface area contributed by atoms with E-state index in [1.807, 2.05) is 40.1 Å². The van der Waals surface area contributed by atoms with E-state index in [1.165, 1.54) is 0 Å². The highest BCUT2D eigenvalue weighted by Crippen LogP contribution is 2.45. The van der Waals surface area contributed by atoms with Crippen molar-refractivity contribution in [3.8, 4) is 0 Å². The number of likely N-dealkylation sites (tertiary alicyclic amines) is 2. The molecule has 0 aliphatic carbocycles. The Balaban J connectivity index is 1.44. The van der Waals surface area contributed by atoms with Gasteiger partial charge in [0.05, 0.1) is 6.04 Å². The maximum absolute atomic E-state index is 13.2. The van der Waals surface area contributed by atoms with E-state index in [0.717, 1.165) is 5.56 Å². The summed E-state index contributed by atoms with van der Waals surface area (Å²) in [6, 6.07) is 13.3. The third-order valence-electron chi connectivity index (χ3n) is 5.93. The zero-order valence-corrected chi connectivity index (χ0v) is 16.0. The number of fused-ring (bicyclic) bond motifs is 1. The van der Waals surface area contributed by atoms with Crippen LogP contribution >= 0.6 is 0 Å². The summed E-state index contributed by atoms with van der Waals surface area (Å²) in [6.45, 7) is 3.58. The van der Waals surface area contributed by atoms with Crippen LogP contribution in [0.5, 0.6) is 0 Å². The number of hydrogen-bond donors (Lipinski definition) is 1. The van der Waals surface area contributed by atoms with Crippen LogP contribution in [0.1, 0.15) is 38.3 Å². The summed E-state index contributed by atoms with van der Waals surface area (Å²) in [5.74, 6) is 0.816. The average Bonchev–Trinajstić information content (AvgIpc) is 3.51. The third kappa shape index (κ3) is 3.00. The second-order valence-corrected chi connectivity index (χ2v) is 7.74. The van der Waals surface area contributed by atoms with Gasteiger partial charge in [0.15, 0.2) is 5.69 Å². The third-order valence-corrected chi connectivity index (χ3v) is 5.93. The van der Waals surface area contributed by atoms with Gasteiger partial charge in [-0.15, -0.1) is 0 Å². The van der Waals surface area contributed by atoms with Gasteiger partial charge in [0.25, 0.3) is 11.8 Å². The molecule has 0 saturated carbocycles. The van der Waals surface area contributed by atoms with E-state index < -0.39 is 0 Å². The zero-order valence-electron chi connectivity index (χ0n) is 16.0. The summed E-state index contributed by atoms with van der Waals surface area (Å²) >= 11 is 0. The van der Waals surface area contributed by atoms with Gasteiger partial charge in [-0.2, -0.15) is 5.10 Å². The number of hydrogen-bond acceptors (Lipinski definition) is 5. The minimum Gasteiger partial charge on any atom is -0.361 e. The molecule has 2 saturated heterocycles. The monoisotopic (exact) mass is 391 g/mol. The van der Waals surface area contributed by atoms with Crippen LogP contribution in [0.4, 0.5) is 0 Å². The first kappa shape index (κ1) is 17.7. The number of carbonyl (C=O) groups is 2. The van der Waals surface area contributed by atoms with E-state index in [2.05, 4.69) is 15.4 Å². The molecule has 4 heterocycles. The molecule has 29 heavy (non-hydrogen) atoms. The number of carbonyl (C=O) groups excluding carboxylic acids is 2. The molecule has 5 rings (SSSR count). The largest absolute Gasteiger partial charge is 0.361 e. The van der Waals surface area contributed by atoms with E-state index in [9.17, 15) is 9.59 Å². The zero-order chi connectivity index (χ0) is 20.0. The lowest BCUT2D eigenvalue weighted by atomic mass is 9.89. The van der Waals surface area contributed by atoms with E-state index in [0.29, 0.717) is 36.8 Å². The number of H-pyrrole nitrogens is 1. The van der Waals surface area contributed by atoms with E-state index in [4.69, 9.17) is 4.52 Å².